The van der Waals surface area contributed by atoms with Gasteiger partial charge in [0.2, 0.25) is 5.91 Å². The first-order chi connectivity index (χ1) is 29.2. The van der Waals surface area contributed by atoms with Gasteiger partial charge >= 0.3 is 0 Å². The smallest absolute Gasteiger partial charge is 0.220 e. The Morgan fingerprint density at radius 2 is 0.746 bits per heavy atom. The molecule has 59 heavy (non-hydrogen) atoms. The second kappa shape index (κ2) is 50.4. The molecule has 4 nitrogen and oxygen atoms in total. The van der Waals surface area contributed by atoms with Gasteiger partial charge in [-0.25, -0.2) is 0 Å². The van der Waals surface area contributed by atoms with Gasteiger partial charge in [0.1, 0.15) is 0 Å². The van der Waals surface area contributed by atoms with Crippen LogP contribution in [0.4, 0.5) is 0 Å². The quantitative estimate of drug-likeness (QED) is 0.0423. The molecule has 0 aromatic carbocycles. The molecule has 1 amide bonds. The van der Waals surface area contributed by atoms with Gasteiger partial charge in [0.25, 0.3) is 0 Å². The van der Waals surface area contributed by atoms with E-state index in [0.29, 0.717) is 6.42 Å². The molecule has 0 spiro atoms. The van der Waals surface area contributed by atoms with Gasteiger partial charge in [0.05, 0.1) is 18.8 Å². The molecular formula is C55H101NO3. The molecule has 0 aliphatic rings. The molecule has 0 saturated heterocycles. The van der Waals surface area contributed by atoms with Gasteiger partial charge < -0.3 is 15.5 Å². The third kappa shape index (κ3) is 47.0. The molecule has 4 heteroatoms. The Labute approximate surface area is 368 Å². The van der Waals surface area contributed by atoms with E-state index in [1.807, 2.05) is 6.08 Å². The maximum absolute atomic E-state index is 12.5. The summed E-state index contributed by atoms with van der Waals surface area (Å²) in [6.07, 6.45) is 70.7. The van der Waals surface area contributed by atoms with Gasteiger partial charge in [0, 0.05) is 6.42 Å². The van der Waals surface area contributed by atoms with Crippen LogP contribution in [0.5, 0.6) is 0 Å². The average Bonchev–Trinajstić information content (AvgIpc) is 3.24. The third-order valence-electron chi connectivity index (χ3n) is 11.8. The average molecular weight is 824 g/mol. The topological polar surface area (TPSA) is 69.6 Å². The van der Waals surface area contributed by atoms with Crippen molar-refractivity contribution in [3.63, 3.8) is 0 Å². The Morgan fingerprint density at radius 1 is 0.424 bits per heavy atom. The molecule has 0 fully saturated rings. The molecule has 0 bridgehead atoms. The number of amides is 1. The lowest BCUT2D eigenvalue weighted by molar-refractivity contribution is -0.123. The summed E-state index contributed by atoms with van der Waals surface area (Å²) in [7, 11) is 0. The first kappa shape index (κ1) is 57.1. The van der Waals surface area contributed by atoms with E-state index in [4.69, 9.17) is 0 Å². The molecule has 0 aromatic heterocycles. The normalized spacial score (nSPS) is 13.4. The van der Waals surface area contributed by atoms with E-state index in [2.05, 4.69) is 67.8 Å². The maximum atomic E-state index is 12.5. The summed E-state index contributed by atoms with van der Waals surface area (Å²) in [6.45, 7) is 4.21. The van der Waals surface area contributed by atoms with Crippen LogP contribution >= 0.6 is 0 Å². The van der Waals surface area contributed by atoms with Gasteiger partial charge in [-0.05, 0) is 57.8 Å². The molecule has 0 aliphatic carbocycles. The van der Waals surface area contributed by atoms with E-state index in [0.717, 1.165) is 51.4 Å². The standard InChI is InChI=1S/C55H101NO3/c1-3-5-7-9-11-13-15-17-19-21-23-25-26-27-28-29-30-31-33-35-37-39-41-43-45-47-49-51-55(59)56-53(52-57)54(58)50-48-46-44-42-40-38-36-34-32-24-22-20-18-16-14-12-10-8-6-4-2/h5,7,11,13,17,19,23,25,48,50,53-54,57-58H,3-4,6,8-10,12,14-16,18,20-22,24,26-47,49,51-52H2,1-2H3,(H,56,59)/b7-5-,13-11-,19-17-,25-23-,50-48+. The van der Waals surface area contributed by atoms with Crippen molar-refractivity contribution < 1.29 is 15.0 Å². The fraction of sp³-hybridized carbons (Fsp3) is 0.800. The van der Waals surface area contributed by atoms with Gasteiger partial charge in [-0.2, -0.15) is 0 Å². The van der Waals surface area contributed by atoms with Crippen molar-refractivity contribution in [3.05, 3.63) is 60.8 Å². The number of rotatable bonds is 47. The van der Waals surface area contributed by atoms with E-state index < -0.39 is 12.1 Å². The van der Waals surface area contributed by atoms with Gasteiger partial charge in [-0.3, -0.25) is 4.79 Å². The minimum absolute atomic E-state index is 0.0640. The van der Waals surface area contributed by atoms with Crippen molar-refractivity contribution in [1.82, 2.24) is 5.32 Å². The van der Waals surface area contributed by atoms with Crippen LogP contribution in [0.15, 0.2) is 60.8 Å². The van der Waals surface area contributed by atoms with Crippen LogP contribution in [0.25, 0.3) is 0 Å². The first-order valence-electron chi connectivity index (χ1n) is 26.0. The van der Waals surface area contributed by atoms with E-state index in [-0.39, 0.29) is 12.5 Å². The first-order valence-corrected chi connectivity index (χ1v) is 26.0. The van der Waals surface area contributed by atoms with Crippen LogP contribution in [-0.4, -0.2) is 34.9 Å². The molecule has 0 aromatic rings. The van der Waals surface area contributed by atoms with Crippen molar-refractivity contribution in [2.45, 2.75) is 276 Å². The molecule has 344 valence electrons. The van der Waals surface area contributed by atoms with Gasteiger partial charge in [-0.1, -0.05) is 261 Å². The Morgan fingerprint density at radius 3 is 1.12 bits per heavy atom. The van der Waals surface area contributed by atoms with Crippen molar-refractivity contribution in [2.24, 2.45) is 0 Å². The van der Waals surface area contributed by atoms with Crippen LogP contribution in [0.2, 0.25) is 0 Å². The van der Waals surface area contributed by atoms with Gasteiger partial charge in [0.15, 0.2) is 0 Å². The number of aliphatic hydroxyl groups excluding tert-OH is 2. The van der Waals surface area contributed by atoms with Crippen molar-refractivity contribution in [1.29, 1.82) is 0 Å². The second-order valence-corrected chi connectivity index (χ2v) is 17.6. The van der Waals surface area contributed by atoms with Crippen LogP contribution in [0.3, 0.4) is 0 Å². The zero-order chi connectivity index (χ0) is 42.8. The van der Waals surface area contributed by atoms with Gasteiger partial charge in [-0.15, -0.1) is 0 Å². The van der Waals surface area contributed by atoms with E-state index in [1.54, 1.807) is 6.08 Å². The van der Waals surface area contributed by atoms with Crippen molar-refractivity contribution >= 4 is 5.91 Å². The Hall–Kier alpha value is -1.91. The maximum Gasteiger partial charge on any atom is 0.220 e. The number of carbonyl (C=O) groups is 1. The highest BCUT2D eigenvalue weighted by molar-refractivity contribution is 5.76. The summed E-state index contributed by atoms with van der Waals surface area (Å²) >= 11 is 0. The molecular weight excluding hydrogens is 723 g/mol. The highest BCUT2D eigenvalue weighted by Crippen LogP contribution is 2.16. The number of unbranched alkanes of at least 4 members (excludes halogenated alkanes) is 32. The summed E-state index contributed by atoms with van der Waals surface area (Å²) in [5.74, 6) is -0.0640. The predicted molar refractivity (Wildman–Crippen MR) is 262 cm³/mol. The van der Waals surface area contributed by atoms with Crippen LogP contribution in [-0.2, 0) is 4.79 Å². The SMILES string of the molecule is CC/C=C\C/C=C\C/C=C\C/C=C\CCCCCCCCCCCCCCCCC(=O)NC(CO)C(O)/C=C/CCCCCCCCCCCCCCCCCCCC. The summed E-state index contributed by atoms with van der Waals surface area (Å²) in [4.78, 5) is 12.5. The molecule has 3 N–H and O–H groups in total. The van der Waals surface area contributed by atoms with E-state index in [9.17, 15) is 15.0 Å². The molecule has 2 atom stereocenters. The van der Waals surface area contributed by atoms with Crippen molar-refractivity contribution in [2.75, 3.05) is 6.61 Å². The molecule has 0 rings (SSSR count). The molecule has 0 radical (unpaired) electrons. The number of aliphatic hydroxyl groups is 2. The summed E-state index contributed by atoms with van der Waals surface area (Å²) in [5.41, 5.74) is 0. The summed E-state index contributed by atoms with van der Waals surface area (Å²) < 4.78 is 0. The van der Waals surface area contributed by atoms with Crippen LogP contribution < -0.4 is 5.32 Å². The lowest BCUT2D eigenvalue weighted by atomic mass is 10.0. The largest absolute Gasteiger partial charge is 0.394 e. The third-order valence-corrected chi connectivity index (χ3v) is 11.8. The lowest BCUT2D eigenvalue weighted by Gasteiger charge is -2.20. The monoisotopic (exact) mass is 824 g/mol. The molecule has 0 aliphatic heterocycles. The number of carbonyl (C=O) groups excluding carboxylic acids is 1. The number of allylic oxidation sites excluding steroid dienone is 9. The number of hydrogen-bond donors (Lipinski definition) is 3. The van der Waals surface area contributed by atoms with Crippen LogP contribution in [0.1, 0.15) is 264 Å². The molecule has 0 saturated carbocycles. The van der Waals surface area contributed by atoms with E-state index in [1.165, 1.54) is 193 Å². The summed E-state index contributed by atoms with van der Waals surface area (Å²) in [5, 5.41) is 23.1. The highest BCUT2D eigenvalue weighted by atomic mass is 16.3. The number of hydrogen-bond acceptors (Lipinski definition) is 3. The molecule has 0 heterocycles. The molecule has 2 unspecified atom stereocenters. The van der Waals surface area contributed by atoms with E-state index >= 15 is 0 Å². The fourth-order valence-corrected chi connectivity index (χ4v) is 7.82. The number of nitrogens with one attached hydrogen (secondary N) is 1. The lowest BCUT2D eigenvalue weighted by Crippen LogP contribution is -2.45. The zero-order valence-corrected chi connectivity index (χ0v) is 39.5. The Bertz CT molecular complexity index is 981. The Balaban J connectivity index is 3.52. The Kier molecular flexibility index (Phi) is 48.8. The minimum atomic E-state index is -0.841. The fourth-order valence-electron chi connectivity index (χ4n) is 7.82. The summed E-state index contributed by atoms with van der Waals surface area (Å²) in [6, 6.07) is -0.624. The second-order valence-electron chi connectivity index (χ2n) is 17.6. The van der Waals surface area contributed by atoms with Crippen LogP contribution in [0, 0.1) is 0 Å². The highest BCUT2D eigenvalue weighted by Gasteiger charge is 2.18. The zero-order valence-electron chi connectivity index (χ0n) is 39.5. The van der Waals surface area contributed by atoms with Crippen molar-refractivity contribution in [3.8, 4) is 0 Å². The minimum Gasteiger partial charge on any atom is -0.394 e. The predicted octanol–water partition coefficient (Wildman–Crippen LogP) is 16.9.